The summed E-state index contributed by atoms with van der Waals surface area (Å²) in [5, 5.41) is 18.1. The molecule has 0 aromatic heterocycles. The van der Waals surface area contributed by atoms with Crippen molar-refractivity contribution in [2.75, 3.05) is 28.4 Å². The minimum absolute atomic E-state index is 0.386. The van der Waals surface area contributed by atoms with Gasteiger partial charge >= 0.3 is 23.9 Å². The van der Waals surface area contributed by atoms with Crippen LogP contribution in [0.1, 0.15) is 85.9 Å². The molecule has 0 saturated heterocycles. The summed E-state index contributed by atoms with van der Waals surface area (Å²) in [6.07, 6.45) is 0. The van der Waals surface area contributed by atoms with Crippen LogP contribution in [0.3, 0.4) is 0 Å². The van der Waals surface area contributed by atoms with Crippen molar-refractivity contribution >= 4 is 161 Å². The predicted octanol–water partition coefficient (Wildman–Crippen LogP) is 22.9. The number of carbonyl (C=O) groups excluding carboxylic acids is 4. The zero-order valence-electron chi connectivity index (χ0n) is 77.7. The van der Waals surface area contributed by atoms with E-state index in [4.69, 9.17) is 18.9 Å². The van der Waals surface area contributed by atoms with E-state index in [1.807, 2.05) is 206 Å². The summed E-state index contributed by atoms with van der Waals surface area (Å²) in [5.41, 5.74) is 11.4. The Morgan fingerprint density at radius 2 is 0.387 bits per heavy atom. The molecular weight excluding hydrogens is 1820 g/mol. The summed E-state index contributed by atoms with van der Waals surface area (Å²) in [4.78, 5) is 49.3. The maximum Gasteiger partial charge on any atom is 0.337 e. The van der Waals surface area contributed by atoms with Gasteiger partial charge < -0.3 is 28.1 Å². The summed E-state index contributed by atoms with van der Waals surface area (Å²) < 4.78 is 54.3. The first-order chi connectivity index (χ1) is 69.7. The lowest BCUT2D eigenvalue weighted by Gasteiger charge is -2.29. The van der Waals surface area contributed by atoms with Gasteiger partial charge in [0.05, 0.1) is 50.7 Å². The fourth-order valence-corrected chi connectivity index (χ4v) is 28.9. The van der Waals surface area contributed by atoms with Crippen LogP contribution in [0.25, 0.3) is 65.3 Å². The highest BCUT2D eigenvalue weighted by Crippen LogP contribution is 2.54. The number of methoxy groups -OCH3 is 4. The van der Waals surface area contributed by atoms with Gasteiger partial charge in [0.15, 0.2) is 14.3 Å². The molecule has 142 heavy (non-hydrogen) atoms. The van der Waals surface area contributed by atoms with Gasteiger partial charge in [-0.05, 0) is 223 Å². The van der Waals surface area contributed by atoms with Crippen LogP contribution in [0, 0.1) is 47.4 Å². The van der Waals surface area contributed by atoms with E-state index in [1.54, 1.807) is 72.8 Å². The van der Waals surface area contributed by atoms with E-state index in [1.165, 1.54) is 60.3 Å². The monoisotopic (exact) mass is 1910 g/mol. The van der Waals surface area contributed by atoms with Crippen LogP contribution in [0.5, 0.6) is 0 Å². The Labute approximate surface area is 828 Å². The lowest BCUT2D eigenvalue weighted by atomic mass is 9.90. The molecule has 0 fully saturated rings. The minimum atomic E-state index is -3.87. The van der Waals surface area contributed by atoms with E-state index in [9.17, 15) is 19.2 Å². The Bertz CT molecular complexity index is 7890. The zero-order chi connectivity index (χ0) is 97.5. The van der Waals surface area contributed by atoms with E-state index in [0.29, 0.717) is 87.5 Å². The van der Waals surface area contributed by atoms with Crippen molar-refractivity contribution in [3.63, 3.8) is 0 Å². The van der Waals surface area contributed by atoms with Crippen molar-refractivity contribution in [1.82, 2.24) is 0 Å². The largest absolute Gasteiger partial charge is 0.465 e. The Morgan fingerprint density at radius 1 is 0.204 bits per heavy atom. The van der Waals surface area contributed by atoms with Crippen molar-refractivity contribution in [2.45, 2.75) is 0 Å². The van der Waals surface area contributed by atoms with Gasteiger partial charge in [0.25, 0.3) is 0 Å². The third kappa shape index (κ3) is 19.4. The number of fused-ring (bicyclic) bond motifs is 4. The fourth-order valence-electron chi connectivity index (χ4n) is 18.1. The summed E-state index contributed by atoms with van der Waals surface area (Å²) in [7, 11) is -4.63. The molecular formula is C128H88O10P4. The highest BCUT2D eigenvalue weighted by molar-refractivity contribution is 7.86. The molecule has 0 aliphatic carbocycles. The zero-order valence-corrected chi connectivity index (χ0v) is 81.3. The molecule has 20 aromatic rings. The van der Waals surface area contributed by atoms with Gasteiger partial charge in [-0.3, -0.25) is 0 Å². The van der Waals surface area contributed by atoms with Gasteiger partial charge in [-0.15, -0.1) is 0 Å². The molecule has 0 aliphatic heterocycles. The predicted molar refractivity (Wildman–Crippen MR) is 585 cm³/mol. The molecule has 0 atom stereocenters. The molecule has 0 spiro atoms. The van der Waals surface area contributed by atoms with Gasteiger partial charge in [-0.25, -0.2) is 19.2 Å². The van der Waals surface area contributed by atoms with Crippen molar-refractivity contribution in [2.24, 2.45) is 0 Å². The first-order valence-electron chi connectivity index (χ1n) is 46.0. The quantitative estimate of drug-likeness (QED) is 0.0353. The summed E-state index contributed by atoms with van der Waals surface area (Å²) >= 11 is 0. The van der Waals surface area contributed by atoms with Crippen molar-refractivity contribution in [3.05, 3.63) is 528 Å². The Balaban J connectivity index is 0.000000180. The number of esters is 4. The Hall–Kier alpha value is -17.1. The minimum Gasteiger partial charge on any atom is -0.465 e. The van der Waals surface area contributed by atoms with E-state index < -0.39 is 42.1 Å². The van der Waals surface area contributed by atoms with Crippen molar-refractivity contribution < 1.29 is 47.3 Å². The second-order valence-electron chi connectivity index (χ2n) is 33.3. The number of rotatable bonds is 18. The summed E-state index contributed by atoms with van der Waals surface area (Å²) in [5.74, 6) is 26.1. The first kappa shape index (κ1) is 93.9. The SMILES string of the molecule is COC(=O)c1ccc(C#Cc2cc(P(=O)(c3ccccc3)c3ccccc3)c(-c3c(P(=O)(c4ccccc4)c4ccccc4)cc(C#Cc4ccc(C(=O)OC)cc4)c4ccccc34)c3ccccc23)cc1.COC(=O)c1ccc(C#Cc2cc(P(c3ccccc3)c3ccccc3)c(-c3c(P(c4ccccc4)c4ccccc4)cc(C#Cc4ccc(C(=O)OC)cc4)c4ccccc34)c3ccccc23)cc1. The number of benzene rings is 20. The fraction of sp³-hybridized carbons (Fsp3) is 0.0312. The molecule has 0 radical (unpaired) electrons. The van der Waals surface area contributed by atoms with E-state index in [0.717, 1.165) is 76.5 Å². The van der Waals surface area contributed by atoms with E-state index >= 15 is 9.13 Å². The van der Waals surface area contributed by atoms with Gasteiger partial charge in [-0.2, -0.15) is 0 Å². The average molecular weight is 1910 g/mol. The normalized spacial score (nSPS) is 11.0. The molecule has 680 valence electrons. The molecule has 20 aromatic carbocycles. The second kappa shape index (κ2) is 42.9. The second-order valence-corrected chi connectivity index (χ2v) is 43.1. The highest BCUT2D eigenvalue weighted by atomic mass is 31.2. The van der Waals surface area contributed by atoms with Crippen LogP contribution in [0.2, 0.25) is 0 Å². The highest BCUT2D eigenvalue weighted by Gasteiger charge is 2.40. The van der Waals surface area contributed by atoms with Gasteiger partial charge in [-0.1, -0.05) is 387 Å². The molecule has 0 amide bonds. The topological polar surface area (TPSA) is 139 Å². The smallest absolute Gasteiger partial charge is 0.337 e. The maximum atomic E-state index is 17.2. The van der Waals surface area contributed by atoms with E-state index in [2.05, 4.69) is 229 Å². The number of ether oxygens (including phenoxy) is 4. The van der Waals surface area contributed by atoms with Crippen LogP contribution in [-0.2, 0) is 28.1 Å². The van der Waals surface area contributed by atoms with Gasteiger partial charge in [0.1, 0.15) is 0 Å². The molecule has 10 nitrogen and oxygen atoms in total. The van der Waals surface area contributed by atoms with Crippen LogP contribution < -0.4 is 63.7 Å². The molecule has 0 bridgehead atoms. The van der Waals surface area contributed by atoms with Crippen molar-refractivity contribution in [1.29, 1.82) is 0 Å². The van der Waals surface area contributed by atoms with Crippen LogP contribution in [0.4, 0.5) is 0 Å². The molecule has 0 N–H and O–H groups in total. The average Bonchev–Trinajstić information content (AvgIpc) is 0.698. The molecule has 0 unspecified atom stereocenters. The lowest BCUT2D eigenvalue weighted by Crippen LogP contribution is -2.30. The number of hydrogen-bond donors (Lipinski definition) is 0. The van der Waals surface area contributed by atoms with Crippen molar-refractivity contribution in [3.8, 4) is 69.6 Å². The third-order valence-electron chi connectivity index (χ3n) is 24.9. The van der Waals surface area contributed by atoms with Gasteiger partial charge in [0.2, 0.25) is 0 Å². The molecule has 20 rings (SSSR count). The molecule has 14 heteroatoms. The maximum absolute atomic E-state index is 17.2. The summed E-state index contributed by atoms with van der Waals surface area (Å²) in [6, 6.07) is 152. The van der Waals surface area contributed by atoms with Gasteiger partial charge in [0, 0.05) is 87.5 Å². The van der Waals surface area contributed by atoms with Crippen LogP contribution >= 0.6 is 30.1 Å². The molecule has 0 aliphatic rings. The first-order valence-corrected chi connectivity index (χ1v) is 52.1. The summed E-state index contributed by atoms with van der Waals surface area (Å²) in [6.45, 7) is 0. The Kier molecular flexibility index (Phi) is 28.3. The third-order valence-corrected chi connectivity index (χ3v) is 36.0. The Morgan fingerprint density at radius 3 is 0.599 bits per heavy atom. The number of hydrogen-bond acceptors (Lipinski definition) is 10. The number of carbonyl (C=O) groups is 4. The van der Waals surface area contributed by atoms with Crippen LogP contribution in [0.15, 0.2) is 461 Å². The molecule has 0 saturated carbocycles. The lowest BCUT2D eigenvalue weighted by molar-refractivity contribution is 0.0592. The molecule has 0 heterocycles. The van der Waals surface area contributed by atoms with Crippen LogP contribution in [-0.4, -0.2) is 52.3 Å². The van der Waals surface area contributed by atoms with E-state index in [-0.39, 0.29) is 11.9 Å². The standard InChI is InChI=1S/C64H44O6P2.C64H44O4P2/c1-69-63(65)47-37-31-45(32-38-47)35-41-49-43-59(71(67,51-19-7-3-8-20-51)52-21-9-4-10-22-52)61(57-29-17-15-27-55(49)57)62-58-30-18-16-28-56(58)50(42-36-46-33-39-48(40-34-46)64(66)70-2)44-60(62)72(68,53-23-11-5-12-24-53)54-25-13-6-14-26-54;1-67-63(65)47-37-31-45(32-38-47)35-41-49-43-59(69(51-19-7-3-8-20-51)52-21-9-4-10-22-52)61(57-29-17-15-27-55(49)57)62-58-30-18-16-28-56(58)50(42-36-46-33-39-48(40-34-46)64(66)68-2)44-60(62)70(53-23-11-5-12-24-53)54-25-13-6-14-26-54/h3-34,37-40,43-44H,1-2H3;3-34,37-40,43-44H,1-2H3.